The molecule has 0 radical (unpaired) electrons. The minimum atomic E-state index is -0.328. The second-order valence-electron chi connectivity index (χ2n) is 8.02. The molecule has 2 aromatic heterocycles. The summed E-state index contributed by atoms with van der Waals surface area (Å²) in [5.74, 6) is 0.878. The minimum Gasteiger partial charge on any atom is -0.507 e. The van der Waals surface area contributed by atoms with E-state index in [1.807, 2.05) is 66.7 Å². The van der Waals surface area contributed by atoms with Crippen LogP contribution >= 0.6 is 25.2 Å². The maximum atomic E-state index is 12.4. The molecule has 5 rings (SSSR count). The van der Waals surface area contributed by atoms with Gasteiger partial charge in [-0.25, -0.2) is 9.78 Å². The van der Waals surface area contributed by atoms with Crippen molar-refractivity contribution < 1.29 is 9.90 Å². The highest BCUT2D eigenvalue weighted by Crippen LogP contribution is 2.29. The number of nitrogens with zero attached hydrogens (tertiary/aromatic N) is 3. The summed E-state index contributed by atoms with van der Waals surface area (Å²) in [6, 6.07) is 23.6. The van der Waals surface area contributed by atoms with Crippen LogP contribution in [0.5, 0.6) is 5.75 Å². The zero-order chi connectivity index (χ0) is 25.1. The number of amides is 2. The van der Waals surface area contributed by atoms with Crippen LogP contribution in [0.2, 0.25) is 0 Å². The summed E-state index contributed by atoms with van der Waals surface area (Å²) in [6.07, 6.45) is 1.72. The fourth-order valence-corrected chi connectivity index (χ4v) is 4.40. The van der Waals surface area contributed by atoms with Gasteiger partial charge in [0, 0.05) is 39.3 Å². The first-order valence-electron chi connectivity index (χ1n) is 11.1. The smallest absolute Gasteiger partial charge is 0.323 e. The van der Waals surface area contributed by atoms with Gasteiger partial charge in [-0.15, -0.1) is 0 Å². The Balaban J connectivity index is 1.34. The molecule has 1 unspecified atom stereocenters. The van der Waals surface area contributed by atoms with E-state index in [1.54, 1.807) is 22.8 Å². The van der Waals surface area contributed by atoms with Gasteiger partial charge in [-0.3, -0.25) is 0 Å². The third-order valence-electron chi connectivity index (χ3n) is 5.42. The molecule has 36 heavy (non-hydrogen) atoms. The first kappa shape index (κ1) is 23.8. The lowest BCUT2D eigenvalue weighted by Gasteiger charge is -2.13. The Labute approximate surface area is 218 Å². The monoisotopic (exact) mass is 560 g/mol. The highest BCUT2D eigenvalue weighted by molar-refractivity contribution is 9.10. The molecule has 0 aliphatic carbocycles. The van der Waals surface area contributed by atoms with Crippen molar-refractivity contribution in [1.29, 1.82) is 0 Å². The number of aromatic nitrogens is 3. The van der Waals surface area contributed by atoms with E-state index in [4.69, 9.17) is 4.98 Å². The van der Waals surface area contributed by atoms with Crippen molar-refractivity contribution >= 4 is 59.3 Å². The first-order valence-corrected chi connectivity index (χ1v) is 12.4. The first-order chi connectivity index (χ1) is 17.5. The van der Waals surface area contributed by atoms with Gasteiger partial charge in [-0.05, 0) is 48.0 Å². The molecule has 0 aliphatic rings. The SMILES string of the molecule is O=C(Nc1cccc(Br)c1)Nc1cccc(CNc2cc(-c3ccccc3O)nc3c(P)cnn23)c1. The average molecular weight is 561 g/mol. The number of para-hydroxylation sites is 1. The highest BCUT2D eigenvalue weighted by Gasteiger charge is 2.13. The zero-order valence-electron chi connectivity index (χ0n) is 18.9. The van der Waals surface area contributed by atoms with Crippen molar-refractivity contribution in [3.63, 3.8) is 0 Å². The van der Waals surface area contributed by atoms with Gasteiger partial charge < -0.3 is 21.1 Å². The lowest BCUT2D eigenvalue weighted by molar-refractivity contribution is 0.262. The molecule has 2 amide bonds. The van der Waals surface area contributed by atoms with Crippen LogP contribution in [0, 0.1) is 0 Å². The molecule has 180 valence electrons. The maximum Gasteiger partial charge on any atom is 0.323 e. The third kappa shape index (κ3) is 5.32. The third-order valence-corrected chi connectivity index (χ3v) is 6.32. The Hall–Kier alpha value is -3.94. The van der Waals surface area contributed by atoms with E-state index in [-0.39, 0.29) is 11.8 Å². The van der Waals surface area contributed by atoms with E-state index in [0.29, 0.717) is 34.8 Å². The predicted molar refractivity (Wildman–Crippen MR) is 150 cm³/mol. The van der Waals surface area contributed by atoms with Gasteiger partial charge in [0.05, 0.1) is 11.9 Å². The molecule has 1 atom stereocenters. The van der Waals surface area contributed by atoms with Crippen molar-refractivity contribution in [2.45, 2.75) is 6.54 Å². The molecule has 0 saturated carbocycles. The number of rotatable bonds is 6. The summed E-state index contributed by atoms with van der Waals surface area (Å²) < 4.78 is 2.61. The maximum absolute atomic E-state index is 12.4. The van der Waals surface area contributed by atoms with Crippen molar-refractivity contribution in [2.75, 3.05) is 16.0 Å². The van der Waals surface area contributed by atoms with Gasteiger partial charge in [0.2, 0.25) is 0 Å². The highest BCUT2D eigenvalue weighted by atomic mass is 79.9. The number of aromatic hydroxyl groups is 1. The summed E-state index contributed by atoms with van der Waals surface area (Å²) in [6.45, 7) is 0.480. The average Bonchev–Trinajstić information content (AvgIpc) is 3.24. The second kappa shape index (κ2) is 10.4. The van der Waals surface area contributed by atoms with Gasteiger partial charge in [-0.1, -0.05) is 55.5 Å². The van der Waals surface area contributed by atoms with Crippen molar-refractivity contribution in [1.82, 2.24) is 14.6 Å². The fourth-order valence-electron chi connectivity index (χ4n) is 3.75. The van der Waals surface area contributed by atoms with Gasteiger partial charge in [-0.2, -0.15) is 9.61 Å². The molecule has 5 aromatic rings. The molecule has 0 saturated heterocycles. The number of fused-ring (bicyclic) bond motifs is 1. The van der Waals surface area contributed by atoms with Crippen LogP contribution in [0.1, 0.15) is 5.56 Å². The number of anilines is 3. The number of benzene rings is 3. The van der Waals surface area contributed by atoms with Gasteiger partial charge >= 0.3 is 6.03 Å². The minimum absolute atomic E-state index is 0.157. The molecule has 2 heterocycles. The molecule has 0 fully saturated rings. The lowest BCUT2D eigenvalue weighted by atomic mass is 10.1. The van der Waals surface area contributed by atoms with E-state index < -0.39 is 0 Å². The number of phenolic OH excluding ortho intramolecular Hbond substituents is 1. The van der Waals surface area contributed by atoms with Crippen LogP contribution in [0.15, 0.2) is 89.5 Å². The Morgan fingerprint density at radius 3 is 2.50 bits per heavy atom. The quantitative estimate of drug-likeness (QED) is 0.202. The summed E-state index contributed by atoms with van der Waals surface area (Å²) in [7, 11) is 2.64. The number of carbonyl (C=O) groups is 1. The number of halogens is 1. The summed E-state index contributed by atoms with van der Waals surface area (Å²) >= 11 is 3.40. The van der Waals surface area contributed by atoms with E-state index >= 15 is 0 Å². The molecule has 3 aromatic carbocycles. The molecule has 4 N–H and O–H groups in total. The lowest BCUT2D eigenvalue weighted by Crippen LogP contribution is -2.19. The molecule has 0 spiro atoms. The van der Waals surface area contributed by atoms with E-state index in [9.17, 15) is 9.90 Å². The normalized spacial score (nSPS) is 10.8. The zero-order valence-corrected chi connectivity index (χ0v) is 21.7. The van der Waals surface area contributed by atoms with E-state index in [2.05, 4.69) is 46.2 Å². The molecule has 10 heteroatoms. The van der Waals surface area contributed by atoms with E-state index in [0.717, 1.165) is 21.2 Å². The molecular weight excluding hydrogens is 539 g/mol. The summed E-state index contributed by atoms with van der Waals surface area (Å²) in [5, 5.41) is 24.7. The van der Waals surface area contributed by atoms with Crippen LogP contribution in [-0.2, 0) is 6.54 Å². The van der Waals surface area contributed by atoms with Crippen molar-refractivity contribution in [3.8, 4) is 17.0 Å². The number of hydrogen-bond acceptors (Lipinski definition) is 5. The van der Waals surface area contributed by atoms with Crippen LogP contribution in [0.25, 0.3) is 16.9 Å². The van der Waals surface area contributed by atoms with Crippen LogP contribution in [0.3, 0.4) is 0 Å². The fraction of sp³-hybridized carbons (Fsp3) is 0.0385. The Bertz CT molecular complexity index is 1570. The van der Waals surface area contributed by atoms with Crippen LogP contribution < -0.4 is 21.3 Å². The van der Waals surface area contributed by atoms with Crippen molar-refractivity contribution in [3.05, 3.63) is 95.1 Å². The number of urea groups is 1. The number of carbonyl (C=O) groups excluding carboxylic acids is 1. The van der Waals surface area contributed by atoms with Crippen LogP contribution in [-0.4, -0.2) is 25.7 Å². The molecule has 8 nitrogen and oxygen atoms in total. The number of phenols is 1. The van der Waals surface area contributed by atoms with Crippen molar-refractivity contribution in [2.24, 2.45) is 0 Å². The second-order valence-corrected chi connectivity index (χ2v) is 9.56. The summed E-state index contributed by atoms with van der Waals surface area (Å²) in [4.78, 5) is 17.1. The largest absolute Gasteiger partial charge is 0.507 e. The van der Waals surface area contributed by atoms with Gasteiger partial charge in [0.1, 0.15) is 11.6 Å². The standard InChI is InChI=1S/C26H22BrN6O2P/c27-17-6-4-8-19(12-17)31-26(35)30-18-7-3-5-16(11-18)14-28-24-13-21(20-9-1-2-10-22(20)34)32-25-23(36)15-29-33(24)25/h1-13,15,28,34H,14,36H2,(H2,30,31,35). The Morgan fingerprint density at radius 2 is 1.72 bits per heavy atom. The number of hydrogen-bond donors (Lipinski definition) is 4. The number of nitrogens with one attached hydrogen (secondary N) is 3. The molecular formula is C26H22BrN6O2P. The predicted octanol–water partition coefficient (Wildman–Crippen LogP) is 5.62. The molecule has 0 aliphatic heterocycles. The Morgan fingerprint density at radius 1 is 0.972 bits per heavy atom. The topological polar surface area (TPSA) is 104 Å². The van der Waals surface area contributed by atoms with Gasteiger partial charge in [0.15, 0.2) is 5.65 Å². The van der Waals surface area contributed by atoms with Crippen LogP contribution in [0.4, 0.5) is 22.0 Å². The van der Waals surface area contributed by atoms with Gasteiger partial charge in [0.25, 0.3) is 0 Å². The summed E-state index contributed by atoms with van der Waals surface area (Å²) in [5.41, 5.74) is 4.26. The Kier molecular flexibility index (Phi) is 6.84. The molecule has 0 bridgehead atoms. The van der Waals surface area contributed by atoms with E-state index in [1.165, 1.54) is 0 Å².